The van der Waals surface area contributed by atoms with Crippen LogP contribution >= 0.6 is 23.2 Å². The molecule has 2 aromatic rings. The van der Waals surface area contributed by atoms with Crippen LogP contribution in [0.3, 0.4) is 0 Å². The fraction of sp³-hybridized carbons (Fsp3) is 0.158. The van der Waals surface area contributed by atoms with Crippen LogP contribution in [-0.2, 0) is 11.3 Å². The normalized spacial score (nSPS) is 11.9. The number of alkyl halides is 3. The van der Waals surface area contributed by atoms with Gasteiger partial charge in [0.15, 0.2) is 0 Å². The molecule has 0 amide bonds. The number of rotatable bonds is 7. The predicted octanol–water partition coefficient (Wildman–Crippen LogP) is 5.35. The molecule has 10 heteroatoms. The van der Waals surface area contributed by atoms with Gasteiger partial charge in [-0.2, -0.15) is 13.2 Å². The molecule has 0 aliphatic heterocycles. The van der Waals surface area contributed by atoms with Crippen molar-refractivity contribution in [2.24, 2.45) is 0 Å². The molecule has 0 aliphatic carbocycles. The molecule has 3 N–H and O–H groups in total. The number of halogens is 6. The van der Waals surface area contributed by atoms with E-state index in [0.29, 0.717) is 16.3 Å². The first kappa shape index (κ1) is 22.7. The minimum absolute atomic E-state index is 0.0303. The summed E-state index contributed by atoms with van der Waals surface area (Å²) in [4.78, 5) is 12.1. The molecule has 2 rings (SSSR count). The molecule has 0 bridgehead atoms. The molecule has 4 nitrogen and oxygen atoms in total. The van der Waals surface area contributed by atoms with Crippen LogP contribution in [-0.4, -0.2) is 24.7 Å². The van der Waals surface area contributed by atoms with Crippen molar-refractivity contribution in [3.63, 3.8) is 0 Å². The van der Waals surface area contributed by atoms with E-state index in [1.54, 1.807) is 24.3 Å². The van der Waals surface area contributed by atoms with Gasteiger partial charge in [0.2, 0.25) is 5.78 Å². The predicted molar refractivity (Wildman–Crippen MR) is 105 cm³/mol. The van der Waals surface area contributed by atoms with Crippen molar-refractivity contribution in [1.29, 1.82) is 5.41 Å². The highest BCUT2D eigenvalue weighted by molar-refractivity contribution is 6.48. The van der Waals surface area contributed by atoms with E-state index in [1.165, 1.54) is 0 Å². The fourth-order valence-corrected chi connectivity index (χ4v) is 2.76. The van der Waals surface area contributed by atoms with Crippen molar-refractivity contribution >= 4 is 40.4 Å². The summed E-state index contributed by atoms with van der Waals surface area (Å²) >= 11 is 11.9. The van der Waals surface area contributed by atoms with Gasteiger partial charge in [-0.25, -0.2) is 4.39 Å². The zero-order valence-corrected chi connectivity index (χ0v) is 16.4. The first-order valence-electron chi connectivity index (χ1n) is 8.10. The Morgan fingerprint density at radius 1 is 1.21 bits per heavy atom. The van der Waals surface area contributed by atoms with Crippen LogP contribution in [0.1, 0.15) is 11.1 Å². The van der Waals surface area contributed by atoms with Gasteiger partial charge in [-0.05, 0) is 35.9 Å². The van der Waals surface area contributed by atoms with E-state index in [4.69, 9.17) is 28.6 Å². The molecule has 29 heavy (non-hydrogen) atoms. The molecule has 0 aliphatic rings. The van der Waals surface area contributed by atoms with Crippen LogP contribution in [0.15, 0.2) is 48.2 Å². The smallest absolute Gasteiger partial charge is 0.384 e. The van der Waals surface area contributed by atoms with E-state index < -0.39 is 34.7 Å². The van der Waals surface area contributed by atoms with E-state index in [1.807, 2.05) is 5.32 Å². The number of hydrogen-bond acceptors (Lipinski definition) is 4. The van der Waals surface area contributed by atoms with Gasteiger partial charge in [0.1, 0.15) is 17.2 Å². The van der Waals surface area contributed by atoms with Crippen LogP contribution in [0, 0.1) is 11.2 Å². The molecule has 0 spiro atoms. The van der Waals surface area contributed by atoms with E-state index in [2.05, 4.69) is 5.32 Å². The summed E-state index contributed by atoms with van der Waals surface area (Å²) in [6.45, 7) is 0.105. The summed E-state index contributed by atoms with van der Waals surface area (Å²) in [5.41, 5.74) is -1.74. The lowest BCUT2D eigenvalue weighted by Gasteiger charge is -2.13. The maximum Gasteiger partial charge on any atom is 0.431 e. The van der Waals surface area contributed by atoms with E-state index in [0.717, 1.165) is 19.2 Å². The van der Waals surface area contributed by atoms with E-state index in [9.17, 15) is 22.4 Å². The molecular formula is C19H15Cl2F4N3O. The Hall–Kier alpha value is -2.58. The molecule has 0 aromatic heterocycles. The number of benzene rings is 2. The second-order valence-electron chi connectivity index (χ2n) is 5.83. The highest BCUT2D eigenvalue weighted by Gasteiger charge is 2.34. The summed E-state index contributed by atoms with van der Waals surface area (Å²) in [5, 5.41) is 13.2. The van der Waals surface area contributed by atoms with Gasteiger partial charge < -0.3 is 10.6 Å². The van der Waals surface area contributed by atoms with Crippen LogP contribution in [0.5, 0.6) is 0 Å². The summed E-state index contributed by atoms with van der Waals surface area (Å²) in [6.07, 6.45) is -4.60. The molecule has 0 saturated carbocycles. The van der Waals surface area contributed by atoms with Gasteiger partial charge in [0, 0.05) is 41.0 Å². The molecule has 0 fully saturated rings. The zero-order valence-electron chi connectivity index (χ0n) is 14.9. The van der Waals surface area contributed by atoms with Crippen LogP contribution in [0.2, 0.25) is 10.0 Å². The third-order valence-electron chi connectivity index (χ3n) is 3.81. The van der Waals surface area contributed by atoms with E-state index >= 15 is 0 Å². The highest BCUT2D eigenvalue weighted by atomic mass is 35.5. The van der Waals surface area contributed by atoms with Crippen molar-refractivity contribution in [3.05, 3.63) is 75.2 Å². The molecule has 154 valence electrons. The molecule has 0 saturated heterocycles. The Kier molecular flexibility index (Phi) is 7.26. The second kappa shape index (κ2) is 9.28. The van der Waals surface area contributed by atoms with Gasteiger partial charge in [-0.15, -0.1) is 0 Å². The largest absolute Gasteiger partial charge is 0.431 e. The van der Waals surface area contributed by atoms with Crippen LogP contribution in [0.4, 0.5) is 23.2 Å². The molecule has 0 unspecified atom stereocenters. The number of ketones is 1. The SMILES string of the molecule is CN/C(=C\C(=O)C(=N)c1cc(CNc2cccc(Cl)c2)c(Cl)cc1F)C(F)(F)F. The average Bonchev–Trinajstić information content (AvgIpc) is 2.63. The summed E-state index contributed by atoms with van der Waals surface area (Å²) < 4.78 is 52.5. The number of allylic oxidation sites excluding steroid dienone is 2. The first-order valence-corrected chi connectivity index (χ1v) is 8.85. The lowest BCUT2D eigenvalue weighted by molar-refractivity contribution is -0.111. The van der Waals surface area contributed by atoms with Crippen molar-refractivity contribution in [3.8, 4) is 0 Å². The summed E-state index contributed by atoms with van der Waals surface area (Å²) in [5.74, 6) is -2.30. The standard InChI is InChI=1S/C19H15Cl2F4N3O/c1-27-17(19(23,24)25)8-16(29)18(26)13-5-10(14(21)7-15(13)22)9-28-12-4-2-3-11(20)6-12/h2-8,26-28H,9H2,1H3/b17-8-,26-18?. The maximum atomic E-state index is 14.2. The molecular weight excluding hydrogens is 433 g/mol. The van der Waals surface area contributed by atoms with Crippen molar-refractivity contribution in [1.82, 2.24) is 5.32 Å². The van der Waals surface area contributed by atoms with Crippen LogP contribution in [0.25, 0.3) is 0 Å². The van der Waals surface area contributed by atoms with Gasteiger partial charge in [0.25, 0.3) is 0 Å². The summed E-state index contributed by atoms with van der Waals surface area (Å²) in [7, 11) is 0.985. The first-order chi connectivity index (χ1) is 13.5. The molecule has 0 atom stereocenters. The number of anilines is 1. The monoisotopic (exact) mass is 447 g/mol. The Bertz CT molecular complexity index is 974. The zero-order chi connectivity index (χ0) is 21.8. The minimum Gasteiger partial charge on any atom is -0.384 e. The Morgan fingerprint density at radius 2 is 1.90 bits per heavy atom. The molecule has 2 aromatic carbocycles. The van der Waals surface area contributed by atoms with Gasteiger partial charge in [-0.1, -0.05) is 29.3 Å². The fourth-order valence-electron chi connectivity index (χ4n) is 2.35. The Morgan fingerprint density at radius 3 is 2.48 bits per heavy atom. The second-order valence-corrected chi connectivity index (χ2v) is 6.68. The average molecular weight is 448 g/mol. The lowest BCUT2D eigenvalue weighted by Crippen LogP contribution is -2.26. The van der Waals surface area contributed by atoms with Gasteiger partial charge in [-0.3, -0.25) is 10.2 Å². The van der Waals surface area contributed by atoms with Crippen LogP contribution < -0.4 is 10.6 Å². The quantitative estimate of drug-likeness (QED) is 0.304. The van der Waals surface area contributed by atoms with Gasteiger partial charge >= 0.3 is 6.18 Å². The molecule has 0 radical (unpaired) electrons. The van der Waals surface area contributed by atoms with Gasteiger partial charge in [0.05, 0.1) is 0 Å². The lowest BCUT2D eigenvalue weighted by atomic mass is 10.0. The third-order valence-corrected chi connectivity index (χ3v) is 4.40. The number of hydrogen-bond donors (Lipinski definition) is 3. The summed E-state index contributed by atoms with van der Waals surface area (Å²) in [6, 6.07) is 8.82. The highest BCUT2D eigenvalue weighted by Crippen LogP contribution is 2.25. The third kappa shape index (κ3) is 5.95. The van der Waals surface area contributed by atoms with Crippen molar-refractivity contribution in [2.75, 3.05) is 12.4 Å². The van der Waals surface area contributed by atoms with E-state index in [-0.39, 0.29) is 17.6 Å². The molecule has 0 heterocycles. The maximum absolute atomic E-state index is 14.2. The number of carbonyl (C=O) groups is 1. The van der Waals surface area contributed by atoms with Crippen molar-refractivity contribution in [2.45, 2.75) is 12.7 Å². The topological polar surface area (TPSA) is 65.0 Å². The Labute approximate surface area is 174 Å². The minimum atomic E-state index is -4.81. The number of nitrogens with one attached hydrogen (secondary N) is 3. The van der Waals surface area contributed by atoms with Crippen molar-refractivity contribution < 1.29 is 22.4 Å². The Balaban J connectivity index is 2.28. The number of carbonyl (C=O) groups excluding carboxylic acids is 1.